The molecule has 3 aromatic carbocycles. The zero-order valence-electron chi connectivity index (χ0n) is 23.1. The number of rotatable bonds is 12. The van der Waals surface area contributed by atoms with Gasteiger partial charge in [0.05, 0.1) is 17.2 Å². The van der Waals surface area contributed by atoms with Crippen LogP contribution in [0, 0.1) is 0 Å². The Kier molecular flexibility index (Phi) is 11.5. The first-order valence-electron chi connectivity index (χ1n) is 12.9. The number of nitrogens with zero attached hydrogens (tertiary/aromatic N) is 2. The highest BCUT2D eigenvalue weighted by Crippen LogP contribution is 2.28. The smallest absolute Gasteiger partial charge is 0.264 e. The molecule has 0 aliphatic carbocycles. The maximum Gasteiger partial charge on any atom is 0.264 e. The summed E-state index contributed by atoms with van der Waals surface area (Å²) < 4.78 is 35.0. The van der Waals surface area contributed by atoms with Crippen molar-refractivity contribution < 1.29 is 22.7 Å². The molecule has 3 rings (SSSR count). The monoisotopic (exact) mass is 683 g/mol. The van der Waals surface area contributed by atoms with Gasteiger partial charge in [0.15, 0.2) is 0 Å². The minimum absolute atomic E-state index is 0.000259. The zero-order valence-corrected chi connectivity index (χ0v) is 27.0. The lowest BCUT2D eigenvalue weighted by molar-refractivity contribution is -0.139. The second kappa shape index (κ2) is 14.4. The number of sulfonamides is 1. The summed E-state index contributed by atoms with van der Waals surface area (Å²) in [6.45, 7) is 6.88. The van der Waals surface area contributed by atoms with Gasteiger partial charge in [-0.2, -0.15) is 0 Å². The minimum atomic E-state index is -4.20. The fraction of sp³-hybridized carbons (Fsp3) is 0.310. The number of carbonyl (C=O) groups is 2. The molecule has 0 aromatic heterocycles. The predicted octanol–water partition coefficient (Wildman–Crippen LogP) is 6.29. The number of nitrogens with one attached hydrogen (secondary N) is 1. The standard InChI is InChI=1S/C29H32BrCl2N3O5S/c1-5-40-25-12-10-24(11-13-25)35(41(38,39)26-14-7-22(30)8-15-26)18-28(36)34(20(4)29(37)33-19(2)3)17-21-6-9-23(31)16-27(21)32/h6-16,19-20H,5,17-18H2,1-4H3,(H,33,37)/t20-/m0/s1. The molecular weight excluding hydrogens is 653 g/mol. The van der Waals surface area contributed by atoms with Gasteiger partial charge in [-0.15, -0.1) is 0 Å². The van der Waals surface area contributed by atoms with Gasteiger partial charge < -0.3 is 15.0 Å². The molecule has 0 radical (unpaired) electrons. The van der Waals surface area contributed by atoms with Crippen molar-refractivity contribution in [1.29, 1.82) is 0 Å². The largest absolute Gasteiger partial charge is 0.494 e. The Morgan fingerprint density at radius 3 is 2.17 bits per heavy atom. The van der Waals surface area contributed by atoms with Crippen LogP contribution < -0.4 is 14.4 Å². The molecule has 1 N–H and O–H groups in total. The summed E-state index contributed by atoms with van der Waals surface area (Å²) in [6.07, 6.45) is 0. The molecule has 0 aliphatic heterocycles. The second-order valence-corrected chi connectivity index (χ2v) is 13.1. The van der Waals surface area contributed by atoms with Crippen LogP contribution in [-0.4, -0.2) is 50.4 Å². The summed E-state index contributed by atoms with van der Waals surface area (Å²) in [5.74, 6) is -0.430. The van der Waals surface area contributed by atoms with E-state index in [9.17, 15) is 18.0 Å². The van der Waals surface area contributed by atoms with Gasteiger partial charge in [0.25, 0.3) is 10.0 Å². The number of carbonyl (C=O) groups excluding carboxylic acids is 2. The average Bonchev–Trinajstić information content (AvgIpc) is 2.91. The molecule has 12 heteroatoms. The first-order chi connectivity index (χ1) is 19.3. The molecule has 0 spiro atoms. The van der Waals surface area contributed by atoms with Crippen LogP contribution in [0.3, 0.4) is 0 Å². The number of hydrogen-bond donors (Lipinski definition) is 1. The third kappa shape index (κ3) is 8.61. The van der Waals surface area contributed by atoms with Gasteiger partial charge >= 0.3 is 0 Å². The van der Waals surface area contributed by atoms with Crippen molar-refractivity contribution in [1.82, 2.24) is 10.2 Å². The number of hydrogen-bond acceptors (Lipinski definition) is 5. The Hall–Kier alpha value is -2.79. The molecule has 3 aromatic rings. The van der Waals surface area contributed by atoms with Crippen LogP contribution in [0.5, 0.6) is 5.75 Å². The molecule has 2 amide bonds. The summed E-state index contributed by atoms with van der Waals surface area (Å²) >= 11 is 15.8. The summed E-state index contributed by atoms with van der Waals surface area (Å²) in [5.41, 5.74) is 0.811. The lowest BCUT2D eigenvalue weighted by atomic mass is 10.1. The molecule has 0 saturated heterocycles. The van der Waals surface area contributed by atoms with E-state index in [2.05, 4.69) is 21.2 Å². The highest BCUT2D eigenvalue weighted by Gasteiger charge is 2.33. The zero-order chi connectivity index (χ0) is 30.3. The average molecular weight is 685 g/mol. The maximum absolute atomic E-state index is 14.0. The highest BCUT2D eigenvalue weighted by molar-refractivity contribution is 9.10. The molecule has 220 valence electrons. The molecule has 0 heterocycles. The Labute approximate surface area is 259 Å². The Balaban J connectivity index is 2.05. The van der Waals surface area contributed by atoms with E-state index in [1.807, 2.05) is 20.8 Å². The maximum atomic E-state index is 14.0. The van der Waals surface area contributed by atoms with Crippen LogP contribution in [0.1, 0.15) is 33.3 Å². The van der Waals surface area contributed by atoms with E-state index in [-0.39, 0.29) is 29.1 Å². The van der Waals surface area contributed by atoms with Crippen molar-refractivity contribution in [2.75, 3.05) is 17.5 Å². The van der Waals surface area contributed by atoms with Crippen molar-refractivity contribution in [3.05, 3.63) is 86.8 Å². The quantitative estimate of drug-likeness (QED) is 0.242. The van der Waals surface area contributed by atoms with Gasteiger partial charge in [-0.3, -0.25) is 13.9 Å². The first kappa shape index (κ1) is 32.7. The topological polar surface area (TPSA) is 96.0 Å². The van der Waals surface area contributed by atoms with E-state index in [4.69, 9.17) is 27.9 Å². The second-order valence-electron chi connectivity index (χ2n) is 9.49. The van der Waals surface area contributed by atoms with E-state index in [0.29, 0.717) is 32.4 Å². The SMILES string of the molecule is CCOc1ccc(N(CC(=O)N(Cc2ccc(Cl)cc2Cl)[C@@H](C)C(=O)NC(C)C)S(=O)(=O)c2ccc(Br)cc2)cc1. The van der Waals surface area contributed by atoms with Crippen LogP contribution in [0.4, 0.5) is 5.69 Å². The minimum Gasteiger partial charge on any atom is -0.494 e. The Morgan fingerprint density at radius 1 is 0.976 bits per heavy atom. The Morgan fingerprint density at radius 2 is 1.61 bits per heavy atom. The number of amides is 2. The lowest BCUT2D eigenvalue weighted by Gasteiger charge is -2.32. The molecule has 1 atom stereocenters. The van der Waals surface area contributed by atoms with Gasteiger partial charge in [0, 0.05) is 27.1 Å². The first-order valence-corrected chi connectivity index (χ1v) is 15.9. The number of benzene rings is 3. The fourth-order valence-electron chi connectivity index (χ4n) is 3.96. The van der Waals surface area contributed by atoms with E-state index in [0.717, 1.165) is 4.31 Å². The molecule has 0 unspecified atom stereocenters. The van der Waals surface area contributed by atoms with Crippen molar-refractivity contribution >= 4 is 66.7 Å². The number of ether oxygens (including phenoxy) is 1. The molecule has 41 heavy (non-hydrogen) atoms. The van der Waals surface area contributed by atoms with Crippen LogP contribution in [0.15, 0.2) is 76.1 Å². The van der Waals surface area contributed by atoms with E-state index >= 15 is 0 Å². The third-order valence-electron chi connectivity index (χ3n) is 6.07. The van der Waals surface area contributed by atoms with Crippen molar-refractivity contribution in [2.24, 2.45) is 0 Å². The number of anilines is 1. The van der Waals surface area contributed by atoms with Crippen molar-refractivity contribution in [2.45, 2.75) is 51.2 Å². The predicted molar refractivity (Wildman–Crippen MR) is 166 cm³/mol. The van der Waals surface area contributed by atoms with Crippen molar-refractivity contribution in [3.63, 3.8) is 0 Å². The van der Waals surface area contributed by atoms with Crippen molar-refractivity contribution in [3.8, 4) is 5.75 Å². The highest BCUT2D eigenvalue weighted by atomic mass is 79.9. The van der Waals surface area contributed by atoms with Crippen LogP contribution >= 0.6 is 39.1 Å². The molecule has 0 bridgehead atoms. The molecule has 0 aliphatic rings. The molecular formula is C29H32BrCl2N3O5S. The van der Waals surface area contributed by atoms with Gasteiger partial charge in [0.1, 0.15) is 18.3 Å². The lowest BCUT2D eigenvalue weighted by Crippen LogP contribution is -2.52. The molecule has 0 saturated carbocycles. The molecule has 8 nitrogen and oxygen atoms in total. The number of halogens is 3. The van der Waals surface area contributed by atoms with Gasteiger partial charge in [-0.05, 0) is 93.9 Å². The van der Waals surface area contributed by atoms with Crippen LogP contribution in [0.2, 0.25) is 10.0 Å². The van der Waals surface area contributed by atoms with Crippen LogP contribution in [-0.2, 0) is 26.2 Å². The summed E-state index contributed by atoms with van der Waals surface area (Å²) in [4.78, 5) is 28.3. The van der Waals surface area contributed by atoms with Gasteiger partial charge in [0.2, 0.25) is 11.8 Å². The van der Waals surface area contributed by atoms with Gasteiger partial charge in [-0.1, -0.05) is 45.2 Å². The van der Waals surface area contributed by atoms with Crippen LogP contribution in [0.25, 0.3) is 0 Å². The molecule has 0 fully saturated rings. The summed E-state index contributed by atoms with van der Waals surface area (Å²) in [7, 11) is -4.20. The van der Waals surface area contributed by atoms with Gasteiger partial charge in [-0.25, -0.2) is 8.42 Å². The van der Waals surface area contributed by atoms with E-state index in [1.54, 1.807) is 61.5 Å². The summed E-state index contributed by atoms with van der Waals surface area (Å²) in [5, 5.41) is 3.55. The van der Waals surface area contributed by atoms with E-state index < -0.39 is 28.5 Å². The summed E-state index contributed by atoms with van der Waals surface area (Å²) in [6, 6.07) is 16.3. The third-order valence-corrected chi connectivity index (χ3v) is 8.97. The Bertz CT molecular complexity index is 1470. The van der Waals surface area contributed by atoms with E-state index in [1.165, 1.54) is 17.0 Å². The normalized spacial score (nSPS) is 12.1. The fourth-order valence-corrected chi connectivity index (χ4v) is 6.11.